The summed E-state index contributed by atoms with van der Waals surface area (Å²) in [6, 6.07) is 11.4. The molecule has 6 nitrogen and oxygen atoms in total. The second-order valence-electron chi connectivity index (χ2n) is 4.08. The van der Waals surface area contributed by atoms with Gasteiger partial charge >= 0.3 is 6.03 Å². The minimum Gasteiger partial charge on any atom is -0.398 e. The molecule has 2 aromatic rings. The standard InChI is InChI=1S/C13H12ClN3O3S/c14-9-5-1-3-7-11(9)16-13(18)17-21(19,20)12-8-4-2-6-10(12)15/h1-8H,15H2,(H2,16,17,18). The highest BCUT2D eigenvalue weighted by molar-refractivity contribution is 7.90. The first-order valence-corrected chi connectivity index (χ1v) is 7.69. The fourth-order valence-electron chi connectivity index (χ4n) is 1.61. The van der Waals surface area contributed by atoms with Gasteiger partial charge in [-0.05, 0) is 24.3 Å². The van der Waals surface area contributed by atoms with Crippen LogP contribution in [0.5, 0.6) is 0 Å². The molecular weight excluding hydrogens is 314 g/mol. The first-order chi connectivity index (χ1) is 9.90. The average molecular weight is 326 g/mol. The van der Waals surface area contributed by atoms with Gasteiger partial charge in [-0.2, -0.15) is 0 Å². The number of carbonyl (C=O) groups is 1. The monoisotopic (exact) mass is 325 g/mol. The molecule has 0 bridgehead atoms. The van der Waals surface area contributed by atoms with Gasteiger partial charge in [0, 0.05) is 0 Å². The zero-order valence-corrected chi connectivity index (χ0v) is 12.3. The van der Waals surface area contributed by atoms with Crippen molar-refractivity contribution in [2.75, 3.05) is 11.1 Å². The van der Waals surface area contributed by atoms with E-state index in [-0.39, 0.29) is 10.6 Å². The fraction of sp³-hybridized carbons (Fsp3) is 0. The van der Waals surface area contributed by atoms with E-state index in [9.17, 15) is 13.2 Å². The van der Waals surface area contributed by atoms with Crippen molar-refractivity contribution in [2.24, 2.45) is 0 Å². The van der Waals surface area contributed by atoms with Crippen molar-refractivity contribution in [3.8, 4) is 0 Å². The van der Waals surface area contributed by atoms with Crippen LogP contribution in [0, 0.1) is 0 Å². The van der Waals surface area contributed by atoms with Crippen molar-refractivity contribution in [1.29, 1.82) is 0 Å². The summed E-state index contributed by atoms with van der Waals surface area (Å²) in [4.78, 5) is 11.6. The number of benzene rings is 2. The molecule has 0 saturated carbocycles. The SMILES string of the molecule is Nc1ccccc1S(=O)(=O)NC(=O)Nc1ccccc1Cl. The van der Waals surface area contributed by atoms with Crippen LogP contribution in [0.1, 0.15) is 0 Å². The Bertz CT molecular complexity index is 778. The van der Waals surface area contributed by atoms with Crippen molar-refractivity contribution >= 4 is 39.0 Å². The van der Waals surface area contributed by atoms with Gasteiger partial charge in [0.15, 0.2) is 0 Å². The van der Waals surface area contributed by atoms with Crippen molar-refractivity contribution in [1.82, 2.24) is 4.72 Å². The summed E-state index contributed by atoms with van der Waals surface area (Å²) in [7, 11) is -4.05. The van der Waals surface area contributed by atoms with Crippen LogP contribution in [0.15, 0.2) is 53.4 Å². The number of nitrogens with one attached hydrogen (secondary N) is 2. The predicted octanol–water partition coefficient (Wildman–Crippen LogP) is 2.43. The van der Waals surface area contributed by atoms with Crippen molar-refractivity contribution in [3.05, 3.63) is 53.6 Å². The van der Waals surface area contributed by atoms with Gasteiger partial charge < -0.3 is 11.1 Å². The molecule has 0 heterocycles. The minimum absolute atomic E-state index is 0.0514. The van der Waals surface area contributed by atoms with Crippen LogP contribution >= 0.6 is 11.6 Å². The van der Waals surface area contributed by atoms with E-state index in [0.29, 0.717) is 10.7 Å². The molecule has 2 amide bonds. The predicted molar refractivity (Wildman–Crippen MR) is 81.6 cm³/mol. The first kappa shape index (κ1) is 15.1. The molecule has 0 unspecified atom stereocenters. The van der Waals surface area contributed by atoms with Gasteiger partial charge in [0.2, 0.25) is 0 Å². The number of hydrogen-bond donors (Lipinski definition) is 3. The van der Waals surface area contributed by atoms with E-state index in [1.54, 1.807) is 30.3 Å². The minimum atomic E-state index is -4.05. The molecule has 8 heteroatoms. The fourth-order valence-corrected chi connectivity index (χ4v) is 2.84. The highest BCUT2D eigenvalue weighted by atomic mass is 35.5. The lowest BCUT2D eigenvalue weighted by Crippen LogP contribution is -2.34. The van der Waals surface area contributed by atoms with Crippen molar-refractivity contribution in [3.63, 3.8) is 0 Å². The first-order valence-electron chi connectivity index (χ1n) is 5.83. The van der Waals surface area contributed by atoms with E-state index >= 15 is 0 Å². The lowest BCUT2D eigenvalue weighted by Gasteiger charge is -2.10. The van der Waals surface area contributed by atoms with Crippen LogP contribution in [-0.4, -0.2) is 14.4 Å². The molecule has 4 N–H and O–H groups in total. The van der Waals surface area contributed by atoms with Gasteiger partial charge in [-0.1, -0.05) is 35.9 Å². The summed E-state index contributed by atoms with van der Waals surface area (Å²) in [5, 5.41) is 2.65. The van der Waals surface area contributed by atoms with Gasteiger partial charge in [-0.3, -0.25) is 0 Å². The molecular formula is C13H12ClN3O3S. The van der Waals surface area contributed by atoms with Crippen LogP contribution in [0.2, 0.25) is 5.02 Å². The molecule has 0 aliphatic carbocycles. The molecule has 0 spiro atoms. The van der Waals surface area contributed by atoms with E-state index in [4.69, 9.17) is 17.3 Å². The van der Waals surface area contributed by atoms with E-state index in [0.717, 1.165) is 0 Å². The third-order valence-corrected chi connectivity index (χ3v) is 4.29. The Labute approximate surface area is 127 Å². The Balaban J connectivity index is 2.16. The molecule has 0 saturated heterocycles. The second-order valence-corrected chi connectivity index (χ2v) is 6.14. The number of halogens is 1. The van der Waals surface area contributed by atoms with Crippen molar-refractivity contribution < 1.29 is 13.2 Å². The molecule has 2 aromatic carbocycles. The van der Waals surface area contributed by atoms with E-state index < -0.39 is 16.1 Å². The van der Waals surface area contributed by atoms with Crippen LogP contribution in [-0.2, 0) is 10.0 Å². The van der Waals surface area contributed by atoms with Gasteiger partial charge in [-0.25, -0.2) is 17.9 Å². The normalized spacial score (nSPS) is 10.9. The van der Waals surface area contributed by atoms with Gasteiger partial charge in [0.1, 0.15) is 4.90 Å². The summed E-state index contributed by atoms with van der Waals surface area (Å²) in [6.45, 7) is 0. The molecule has 0 fully saturated rings. The van der Waals surface area contributed by atoms with E-state index in [2.05, 4.69) is 5.32 Å². The Hall–Kier alpha value is -2.25. The van der Waals surface area contributed by atoms with Crippen LogP contribution < -0.4 is 15.8 Å². The maximum absolute atomic E-state index is 12.1. The summed E-state index contributed by atoms with van der Waals surface area (Å²) in [5.74, 6) is 0. The highest BCUT2D eigenvalue weighted by Crippen LogP contribution is 2.21. The smallest absolute Gasteiger partial charge is 0.333 e. The number of anilines is 2. The molecule has 21 heavy (non-hydrogen) atoms. The van der Waals surface area contributed by atoms with Gasteiger partial charge in [0.05, 0.1) is 16.4 Å². The summed E-state index contributed by atoms with van der Waals surface area (Å²) in [5.41, 5.74) is 5.94. The summed E-state index contributed by atoms with van der Waals surface area (Å²) < 4.78 is 26.0. The lowest BCUT2D eigenvalue weighted by atomic mass is 10.3. The van der Waals surface area contributed by atoms with E-state index in [1.165, 1.54) is 18.2 Å². The summed E-state index contributed by atoms with van der Waals surface area (Å²) >= 11 is 5.87. The zero-order chi connectivity index (χ0) is 15.5. The van der Waals surface area contributed by atoms with Crippen molar-refractivity contribution in [2.45, 2.75) is 4.90 Å². The average Bonchev–Trinajstić information content (AvgIpc) is 2.41. The second kappa shape index (κ2) is 6.02. The lowest BCUT2D eigenvalue weighted by molar-refractivity contribution is 0.256. The number of urea groups is 1. The van der Waals surface area contributed by atoms with Crippen LogP contribution in [0.4, 0.5) is 16.2 Å². The Kier molecular flexibility index (Phi) is 4.35. The molecule has 2 rings (SSSR count). The number of sulfonamides is 1. The number of amides is 2. The molecule has 0 atom stereocenters. The maximum Gasteiger partial charge on any atom is 0.333 e. The maximum atomic E-state index is 12.1. The molecule has 0 aliphatic heterocycles. The number of nitrogen functional groups attached to an aromatic ring is 1. The third kappa shape index (κ3) is 3.65. The largest absolute Gasteiger partial charge is 0.398 e. The zero-order valence-electron chi connectivity index (χ0n) is 10.7. The number of carbonyl (C=O) groups excluding carboxylic acids is 1. The number of para-hydroxylation sites is 2. The molecule has 110 valence electrons. The summed E-state index contributed by atoms with van der Waals surface area (Å²) in [6.07, 6.45) is 0. The number of rotatable bonds is 3. The van der Waals surface area contributed by atoms with Gasteiger partial charge in [0.25, 0.3) is 10.0 Å². The topological polar surface area (TPSA) is 101 Å². The molecule has 0 aliphatic rings. The quantitative estimate of drug-likeness (QED) is 0.754. The molecule has 0 radical (unpaired) electrons. The number of nitrogens with two attached hydrogens (primary N) is 1. The van der Waals surface area contributed by atoms with E-state index in [1.807, 2.05) is 4.72 Å². The van der Waals surface area contributed by atoms with Crippen LogP contribution in [0.25, 0.3) is 0 Å². The number of hydrogen-bond acceptors (Lipinski definition) is 4. The highest BCUT2D eigenvalue weighted by Gasteiger charge is 2.20. The van der Waals surface area contributed by atoms with Gasteiger partial charge in [-0.15, -0.1) is 0 Å². The molecule has 0 aromatic heterocycles. The third-order valence-electron chi connectivity index (χ3n) is 2.56. The Morgan fingerprint density at radius 1 is 1.05 bits per heavy atom. The van der Waals surface area contributed by atoms with Crippen LogP contribution in [0.3, 0.4) is 0 Å². The Morgan fingerprint density at radius 2 is 1.67 bits per heavy atom. The Morgan fingerprint density at radius 3 is 2.33 bits per heavy atom.